The Bertz CT molecular complexity index is 720. The molecule has 1 heterocycles. The third kappa shape index (κ3) is 2.97. The number of benzene rings is 1. The number of carbonyl (C=O) groups is 1. The molecule has 0 bridgehead atoms. The molecule has 2 atom stereocenters. The maximum Gasteiger partial charge on any atom is 0.251 e. The maximum absolute atomic E-state index is 12.6. The van der Waals surface area contributed by atoms with E-state index in [2.05, 4.69) is 10.3 Å². The average molecular weight is 339 g/mol. The van der Waals surface area contributed by atoms with Gasteiger partial charge in [-0.1, -0.05) is 18.6 Å². The van der Waals surface area contributed by atoms with Crippen LogP contribution < -0.4 is 5.32 Å². The first kappa shape index (κ1) is 16.3. The van der Waals surface area contributed by atoms with Crippen LogP contribution in [0.25, 0.3) is 0 Å². The predicted molar refractivity (Wildman–Crippen MR) is 95.3 cm³/mol. The van der Waals surface area contributed by atoms with E-state index in [9.17, 15) is 4.79 Å². The summed E-state index contributed by atoms with van der Waals surface area (Å²) >= 11 is 0. The molecule has 5 nitrogen and oxygen atoms in total. The van der Waals surface area contributed by atoms with Crippen LogP contribution in [0.3, 0.4) is 0 Å². The lowest BCUT2D eigenvalue weighted by atomic mass is 9.51. The Kier molecular flexibility index (Phi) is 4.34. The Morgan fingerprint density at radius 1 is 1.36 bits per heavy atom. The van der Waals surface area contributed by atoms with Gasteiger partial charge in [0.05, 0.1) is 12.4 Å². The molecule has 2 aliphatic carbocycles. The molecule has 2 saturated carbocycles. The van der Waals surface area contributed by atoms with Crippen molar-refractivity contribution in [2.75, 3.05) is 6.61 Å². The Morgan fingerprint density at radius 2 is 2.16 bits per heavy atom. The molecule has 4 rings (SSSR count). The highest BCUT2D eigenvalue weighted by molar-refractivity contribution is 5.94. The minimum absolute atomic E-state index is 0.0282. The van der Waals surface area contributed by atoms with Crippen LogP contribution in [0.2, 0.25) is 0 Å². The largest absolute Gasteiger partial charge is 0.378 e. The number of imidazole rings is 1. The molecular formula is C20H25N3O2. The number of amides is 1. The highest BCUT2D eigenvalue weighted by atomic mass is 16.5. The lowest BCUT2D eigenvalue weighted by Crippen LogP contribution is -2.67. The Labute approximate surface area is 148 Å². The zero-order valence-electron chi connectivity index (χ0n) is 14.6. The molecule has 1 aromatic carbocycles. The Hall–Kier alpha value is -2.14. The first-order valence-electron chi connectivity index (χ1n) is 9.18. The summed E-state index contributed by atoms with van der Waals surface area (Å²) in [6.45, 7) is 3.57. The van der Waals surface area contributed by atoms with Gasteiger partial charge in [0.1, 0.15) is 0 Å². The van der Waals surface area contributed by atoms with E-state index in [4.69, 9.17) is 4.74 Å². The molecular weight excluding hydrogens is 314 g/mol. The molecule has 1 amide bonds. The van der Waals surface area contributed by atoms with Crippen molar-refractivity contribution in [3.05, 3.63) is 54.1 Å². The van der Waals surface area contributed by atoms with Gasteiger partial charge in [-0.15, -0.1) is 0 Å². The third-order valence-electron chi connectivity index (χ3n) is 5.88. The Morgan fingerprint density at radius 3 is 2.76 bits per heavy atom. The second-order valence-corrected chi connectivity index (χ2v) is 7.22. The van der Waals surface area contributed by atoms with Gasteiger partial charge in [-0.05, 0) is 43.9 Å². The van der Waals surface area contributed by atoms with Gasteiger partial charge in [-0.2, -0.15) is 0 Å². The van der Waals surface area contributed by atoms with E-state index in [0.717, 1.165) is 30.7 Å². The van der Waals surface area contributed by atoms with Crippen molar-refractivity contribution >= 4 is 5.91 Å². The van der Waals surface area contributed by atoms with Crippen LogP contribution in [0.4, 0.5) is 0 Å². The molecule has 0 radical (unpaired) electrons. The topological polar surface area (TPSA) is 56.1 Å². The van der Waals surface area contributed by atoms with E-state index < -0.39 is 0 Å². The highest BCUT2D eigenvalue weighted by Gasteiger charge is 2.59. The minimum atomic E-state index is 0.0282. The van der Waals surface area contributed by atoms with Crippen LogP contribution >= 0.6 is 0 Å². The predicted octanol–water partition coefficient (Wildman–Crippen LogP) is 3.01. The van der Waals surface area contributed by atoms with E-state index in [0.29, 0.717) is 6.10 Å². The summed E-state index contributed by atoms with van der Waals surface area (Å²) in [7, 11) is 0. The molecule has 25 heavy (non-hydrogen) atoms. The van der Waals surface area contributed by atoms with E-state index in [1.54, 1.807) is 12.5 Å². The summed E-state index contributed by atoms with van der Waals surface area (Å²) in [5, 5.41) is 3.24. The fourth-order valence-corrected chi connectivity index (χ4v) is 4.23. The summed E-state index contributed by atoms with van der Waals surface area (Å²) in [6, 6.07) is 8.10. The monoisotopic (exact) mass is 339 g/mol. The number of aromatic nitrogens is 2. The molecule has 0 unspecified atom stereocenters. The molecule has 2 aromatic rings. The fraction of sp³-hybridized carbons (Fsp3) is 0.500. The van der Waals surface area contributed by atoms with Crippen LogP contribution in [0, 0.1) is 5.41 Å². The lowest BCUT2D eigenvalue weighted by molar-refractivity contribution is -0.169. The number of hydrogen-bond acceptors (Lipinski definition) is 3. The van der Waals surface area contributed by atoms with Crippen LogP contribution in [-0.2, 0) is 11.3 Å². The average Bonchev–Trinajstić information content (AvgIpc) is 3.06. The van der Waals surface area contributed by atoms with Gasteiger partial charge in [0, 0.05) is 42.6 Å². The van der Waals surface area contributed by atoms with Crippen molar-refractivity contribution in [2.24, 2.45) is 5.41 Å². The van der Waals surface area contributed by atoms with Gasteiger partial charge in [-0.25, -0.2) is 4.98 Å². The molecule has 1 N–H and O–H groups in total. The Balaban J connectivity index is 1.37. The van der Waals surface area contributed by atoms with E-state index in [1.807, 2.05) is 42.0 Å². The standard InChI is InChI=1S/C20H25N3O2/c1-2-25-18-12-17(20(18)8-3-9-20)22-19(24)16-6-4-15(5-7-16)13-23-11-10-21-14-23/h4-7,10-11,14,17-18H,2-3,8-9,12-13H2,1H3,(H,22,24)/t17-,18+/m1/s1. The SMILES string of the molecule is CCO[C@H]1C[C@@H](NC(=O)c2ccc(Cn3ccnc3)cc2)C12CCC2. The molecule has 2 aliphatic rings. The van der Waals surface area contributed by atoms with Gasteiger partial charge in [-0.3, -0.25) is 4.79 Å². The first-order chi connectivity index (χ1) is 12.2. The van der Waals surface area contributed by atoms with Gasteiger partial charge in [0.25, 0.3) is 5.91 Å². The number of rotatable bonds is 6. The normalized spacial score (nSPS) is 23.7. The van der Waals surface area contributed by atoms with Crippen LogP contribution in [-0.4, -0.2) is 34.2 Å². The quantitative estimate of drug-likeness (QED) is 0.880. The molecule has 132 valence electrons. The van der Waals surface area contributed by atoms with E-state index in [-0.39, 0.29) is 17.4 Å². The minimum Gasteiger partial charge on any atom is -0.378 e. The highest BCUT2D eigenvalue weighted by Crippen LogP contribution is 2.57. The molecule has 5 heteroatoms. The summed E-state index contributed by atoms with van der Waals surface area (Å²) in [4.78, 5) is 16.6. The van der Waals surface area contributed by atoms with Crippen LogP contribution in [0.15, 0.2) is 43.0 Å². The number of nitrogens with one attached hydrogen (secondary N) is 1. The maximum atomic E-state index is 12.6. The van der Waals surface area contributed by atoms with Gasteiger partial charge < -0.3 is 14.6 Å². The number of nitrogens with zero attached hydrogens (tertiary/aromatic N) is 2. The summed E-state index contributed by atoms with van der Waals surface area (Å²) in [5.74, 6) is 0.0282. The van der Waals surface area contributed by atoms with Crippen molar-refractivity contribution in [1.29, 1.82) is 0 Å². The fourth-order valence-electron chi connectivity index (χ4n) is 4.23. The molecule has 0 saturated heterocycles. The van der Waals surface area contributed by atoms with Gasteiger partial charge >= 0.3 is 0 Å². The zero-order chi connectivity index (χ0) is 17.3. The number of carbonyl (C=O) groups excluding carboxylic acids is 1. The number of hydrogen-bond donors (Lipinski definition) is 1. The second kappa shape index (κ2) is 6.64. The van der Waals surface area contributed by atoms with Crippen molar-refractivity contribution < 1.29 is 9.53 Å². The summed E-state index contributed by atoms with van der Waals surface area (Å²) in [5.41, 5.74) is 2.08. The number of ether oxygens (including phenoxy) is 1. The second-order valence-electron chi connectivity index (χ2n) is 7.22. The third-order valence-corrected chi connectivity index (χ3v) is 5.88. The van der Waals surface area contributed by atoms with Crippen molar-refractivity contribution in [3.8, 4) is 0 Å². The molecule has 0 aliphatic heterocycles. The molecule has 1 spiro atoms. The van der Waals surface area contributed by atoms with Crippen LogP contribution in [0.1, 0.15) is 48.5 Å². The summed E-state index contributed by atoms with van der Waals surface area (Å²) in [6.07, 6.45) is 10.4. The van der Waals surface area contributed by atoms with Crippen molar-refractivity contribution in [2.45, 2.75) is 51.3 Å². The van der Waals surface area contributed by atoms with E-state index >= 15 is 0 Å². The smallest absolute Gasteiger partial charge is 0.251 e. The lowest BCUT2D eigenvalue weighted by Gasteiger charge is -2.61. The molecule has 1 aromatic heterocycles. The summed E-state index contributed by atoms with van der Waals surface area (Å²) < 4.78 is 7.87. The van der Waals surface area contributed by atoms with Crippen molar-refractivity contribution in [3.63, 3.8) is 0 Å². The van der Waals surface area contributed by atoms with Gasteiger partial charge in [0.15, 0.2) is 0 Å². The zero-order valence-corrected chi connectivity index (χ0v) is 14.6. The van der Waals surface area contributed by atoms with Crippen LogP contribution in [0.5, 0.6) is 0 Å². The first-order valence-corrected chi connectivity index (χ1v) is 9.18. The van der Waals surface area contributed by atoms with Crippen molar-refractivity contribution in [1.82, 2.24) is 14.9 Å². The van der Waals surface area contributed by atoms with E-state index in [1.165, 1.54) is 19.3 Å². The molecule has 2 fully saturated rings. The van der Waals surface area contributed by atoms with Gasteiger partial charge in [0.2, 0.25) is 0 Å².